The topological polar surface area (TPSA) is 133 Å². The zero-order chi connectivity index (χ0) is 37.0. The number of fused-ring (bicyclic) bond motifs is 2. The Hall–Kier alpha value is -2.67. The van der Waals surface area contributed by atoms with Crippen molar-refractivity contribution in [2.45, 2.75) is 0 Å². The molecule has 53 heavy (non-hydrogen) atoms. The Kier molecular flexibility index (Phi) is 17.4. The van der Waals surface area contributed by atoms with Gasteiger partial charge in [0.05, 0.1) is 52.0 Å². The van der Waals surface area contributed by atoms with E-state index < -0.39 is 0 Å². The predicted octanol–water partition coefficient (Wildman–Crippen LogP) is 2.69. The van der Waals surface area contributed by atoms with E-state index in [0.717, 1.165) is 88.2 Å². The Labute approximate surface area is 344 Å². The Bertz CT molecular complexity index is 1600. The molecule has 19 heteroatoms. The van der Waals surface area contributed by atoms with Crippen LogP contribution in [0.2, 0.25) is 0 Å². The largest absolute Gasteiger partial charge is 2.00 e. The van der Waals surface area contributed by atoms with Crippen LogP contribution in [0.1, 0.15) is 11.1 Å². The minimum atomic E-state index is -0.158. The van der Waals surface area contributed by atoms with Gasteiger partial charge in [0.25, 0.3) is 11.8 Å². The van der Waals surface area contributed by atoms with Crippen molar-refractivity contribution in [2.75, 3.05) is 115 Å². The number of rotatable bonds is 10. The van der Waals surface area contributed by atoms with E-state index in [9.17, 15) is 9.59 Å². The summed E-state index contributed by atoms with van der Waals surface area (Å²) in [6.45, 7) is 9.23. The average molecular weight is 982 g/mol. The van der Waals surface area contributed by atoms with Crippen molar-refractivity contribution >= 4 is 92.1 Å². The van der Waals surface area contributed by atoms with Crippen LogP contribution >= 0.6 is 23.5 Å². The van der Waals surface area contributed by atoms with Crippen molar-refractivity contribution in [2.24, 2.45) is 20.4 Å². The van der Waals surface area contributed by atoms with E-state index in [2.05, 4.69) is 30.2 Å². The molecule has 6 rings (SSSR count). The van der Waals surface area contributed by atoms with Crippen LogP contribution in [0, 0.1) is 0 Å². The fraction of sp³-hybridized carbons (Fsp3) is 0.471. The van der Waals surface area contributed by atoms with Gasteiger partial charge < -0.3 is 54.0 Å². The smallest absolute Gasteiger partial charge is 0.752 e. The third-order valence-corrected chi connectivity index (χ3v) is 10.7. The van der Waals surface area contributed by atoms with Crippen molar-refractivity contribution in [3.05, 3.63) is 47.5 Å². The number of hydrogen-bond acceptors (Lipinski definition) is 16. The number of morpholine rings is 2. The predicted molar refractivity (Wildman–Crippen MR) is 215 cm³/mol. The number of anilines is 2. The summed E-state index contributed by atoms with van der Waals surface area (Å²) in [5.74, 6) is 1.03. The number of amides is 2. The average Bonchev–Trinajstić information content (AvgIpc) is 3.61. The number of hydrogen-bond donors (Lipinski definition) is 0. The maximum absolute atomic E-state index is 12.9. The molecule has 14 nitrogen and oxygen atoms in total. The van der Waals surface area contributed by atoms with E-state index in [4.69, 9.17) is 44.2 Å². The standard InChI is InChI=1S/2C17H22N4O3S2.Pt/c2*1-23-12-3-4-14-13(11-12)15(18-19-17(25)26-2)16(22)21(14)6-5-20-7-9-24-10-8-20;/h2*3-4,11H,5-10H2,1-2H3,(H,19,25);/q;;+2/p-2/b2*18-15+;. The van der Waals surface area contributed by atoms with Gasteiger partial charge in [-0.3, -0.25) is 19.4 Å². The summed E-state index contributed by atoms with van der Waals surface area (Å²) in [4.78, 5) is 34.0. The number of methoxy groups -OCH3 is 2. The number of ether oxygens (including phenoxy) is 4. The first-order valence-electron chi connectivity index (χ1n) is 16.6. The van der Waals surface area contributed by atoms with Crippen LogP contribution in [-0.4, -0.2) is 147 Å². The van der Waals surface area contributed by atoms with Crippen LogP contribution in [0.25, 0.3) is 0 Å². The van der Waals surface area contributed by atoms with E-state index in [-0.39, 0.29) is 32.9 Å². The quantitative estimate of drug-likeness (QED) is 0.150. The molecule has 2 aromatic rings. The molecule has 0 spiro atoms. The minimum Gasteiger partial charge on any atom is -0.752 e. The van der Waals surface area contributed by atoms with Crippen molar-refractivity contribution in [1.29, 1.82) is 0 Å². The van der Waals surface area contributed by atoms with Gasteiger partial charge in [-0.15, -0.1) is 33.7 Å². The van der Waals surface area contributed by atoms with E-state index in [0.29, 0.717) is 44.8 Å². The molecule has 0 aliphatic carbocycles. The molecule has 4 aliphatic heterocycles. The van der Waals surface area contributed by atoms with Gasteiger partial charge in [0.2, 0.25) is 0 Å². The Balaban J connectivity index is 0.000000232. The van der Waals surface area contributed by atoms with Gasteiger partial charge in [0.15, 0.2) is 11.4 Å². The van der Waals surface area contributed by atoms with Crippen LogP contribution in [0.5, 0.6) is 11.5 Å². The van der Waals surface area contributed by atoms with E-state index in [1.54, 1.807) is 24.0 Å². The Morgan fingerprint density at radius 2 is 1.06 bits per heavy atom. The van der Waals surface area contributed by atoms with Crippen molar-refractivity contribution < 1.29 is 49.6 Å². The van der Waals surface area contributed by atoms with Gasteiger partial charge >= 0.3 is 21.1 Å². The van der Waals surface area contributed by atoms with Crippen LogP contribution in [0.3, 0.4) is 0 Å². The van der Waals surface area contributed by atoms with Crippen molar-refractivity contribution in [3.8, 4) is 11.5 Å². The van der Waals surface area contributed by atoms with Gasteiger partial charge in [-0.05, 0) is 57.7 Å². The number of benzene rings is 2. The Morgan fingerprint density at radius 1 is 0.679 bits per heavy atom. The van der Waals surface area contributed by atoms with Gasteiger partial charge in [0.1, 0.15) is 11.5 Å². The fourth-order valence-electron chi connectivity index (χ4n) is 5.87. The molecule has 2 aromatic carbocycles. The summed E-state index contributed by atoms with van der Waals surface area (Å²) in [6.07, 6.45) is 3.65. The second-order valence-electron chi connectivity index (χ2n) is 11.6. The van der Waals surface area contributed by atoms with Crippen LogP contribution in [0.15, 0.2) is 56.8 Å². The molecular formula is C34H42N8O6PtS4. The normalized spacial score (nSPS) is 19.5. The van der Waals surface area contributed by atoms with Gasteiger partial charge in [0, 0.05) is 63.5 Å². The maximum Gasteiger partial charge on any atom is 2.00 e. The van der Waals surface area contributed by atoms with E-state index in [1.807, 2.05) is 48.9 Å². The third-order valence-electron chi connectivity index (χ3n) is 8.69. The summed E-state index contributed by atoms with van der Waals surface area (Å²) < 4.78 is 22.1. The monoisotopic (exact) mass is 981 g/mol. The summed E-state index contributed by atoms with van der Waals surface area (Å²) in [5.41, 5.74) is 3.71. The maximum atomic E-state index is 12.9. The Morgan fingerprint density at radius 3 is 1.40 bits per heavy atom. The number of carbonyl (C=O) groups excluding carboxylic acids is 2. The number of nitrogens with zero attached hydrogens (tertiary/aromatic N) is 8. The molecule has 4 heterocycles. The number of thioether (sulfide) groups is 2. The summed E-state index contributed by atoms with van der Waals surface area (Å²) in [7, 11) is 3.19. The van der Waals surface area contributed by atoms with Gasteiger partial charge in [-0.1, -0.05) is 0 Å². The summed E-state index contributed by atoms with van der Waals surface area (Å²) >= 11 is 12.8. The fourth-order valence-corrected chi connectivity index (χ4v) is 6.20. The molecule has 0 unspecified atom stereocenters. The zero-order valence-corrected chi connectivity index (χ0v) is 35.5. The van der Waals surface area contributed by atoms with Crippen molar-refractivity contribution in [1.82, 2.24) is 9.80 Å². The minimum absolute atomic E-state index is 0. The summed E-state index contributed by atoms with van der Waals surface area (Å²) in [6, 6.07) is 11.1. The first kappa shape index (κ1) is 43.1. The molecular weight excluding hydrogens is 940 g/mol. The van der Waals surface area contributed by atoms with Gasteiger partial charge in [-0.2, -0.15) is 10.2 Å². The second kappa shape index (κ2) is 21.4. The molecule has 2 fully saturated rings. The third kappa shape index (κ3) is 11.2. The molecule has 2 saturated heterocycles. The second-order valence-corrected chi connectivity index (χ2v) is 14.5. The molecule has 0 bridgehead atoms. The SMILES string of the molecule is COc1ccc2c(c1)/C(=N\N=C(/[S-])SC)C(=O)N2CCN1CCOCC1.COc1ccc2c(c1)/C(=N\N=C(/[S-])SC)C(=O)N2CCN1CCOCC1.[Pt+2]. The first-order chi connectivity index (χ1) is 25.3. The first-order valence-corrected chi connectivity index (χ1v) is 19.9. The zero-order valence-electron chi connectivity index (χ0n) is 29.9. The van der Waals surface area contributed by atoms with Crippen LogP contribution in [-0.2, 0) is 65.4 Å². The van der Waals surface area contributed by atoms with Crippen LogP contribution in [0.4, 0.5) is 11.4 Å². The van der Waals surface area contributed by atoms with E-state index >= 15 is 0 Å². The molecule has 0 saturated carbocycles. The molecule has 288 valence electrons. The number of carbonyl (C=O) groups is 2. The molecule has 4 aliphatic rings. The summed E-state index contributed by atoms with van der Waals surface area (Å²) in [5, 5.41) is 16.2. The molecule has 0 aromatic heterocycles. The molecule has 0 radical (unpaired) electrons. The molecule has 2 amide bonds. The van der Waals surface area contributed by atoms with Crippen LogP contribution < -0.4 is 19.3 Å². The van der Waals surface area contributed by atoms with Gasteiger partial charge in [-0.25, -0.2) is 0 Å². The molecule has 0 atom stereocenters. The van der Waals surface area contributed by atoms with E-state index in [1.165, 1.54) is 23.5 Å². The van der Waals surface area contributed by atoms with Crippen molar-refractivity contribution in [3.63, 3.8) is 0 Å². The molecule has 0 N–H and O–H groups in total.